The Kier molecular flexibility index (Phi) is 4.66. The summed E-state index contributed by atoms with van der Waals surface area (Å²) in [5.41, 5.74) is 0. The molecule has 2 aliphatic carbocycles. The van der Waals surface area contributed by atoms with E-state index in [1.54, 1.807) is 0 Å². The molecule has 2 aliphatic rings. The normalized spacial score (nSPS) is 40.9. The van der Waals surface area contributed by atoms with Crippen molar-refractivity contribution in [3.8, 4) is 0 Å². The van der Waals surface area contributed by atoms with Crippen molar-refractivity contribution >= 4 is 0 Å². The summed E-state index contributed by atoms with van der Waals surface area (Å²) in [6.07, 6.45) is 10.1. The van der Waals surface area contributed by atoms with E-state index in [-0.39, 0.29) is 6.10 Å². The lowest BCUT2D eigenvalue weighted by Crippen LogP contribution is -2.39. The summed E-state index contributed by atoms with van der Waals surface area (Å²) in [5, 5.41) is 13.3. The molecule has 0 aliphatic heterocycles. The van der Waals surface area contributed by atoms with E-state index < -0.39 is 0 Å². The predicted octanol–water partition coefficient (Wildman–Crippen LogP) is 2.71. The molecule has 2 nitrogen and oxygen atoms in total. The Balaban J connectivity index is 1.66. The zero-order chi connectivity index (χ0) is 11.4. The molecule has 2 heteroatoms. The minimum atomic E-state index is -0.0449. The number of nitrogens with one attached hydrogen (secondary N) is 1. The summed E-state index contributed by atoms with van der Waals surface area (Å²) in [7, 11) is 0. The molecule has 0 amide bonds. The minimum absolute atomic E-state index is 0.0449. The summed E-state index contributed by atoms with van der Waals surface area (Å²) in [4.78, 5) is 0. The summed E-state index contributed by atoms with van der Waals surface area (Å²) < 4.78 is 0. The molecule has 2 saturated carbocycles. The lowest BCUT2D eigenvalue weighted by molar-refractivity contribution is 0.109. The van der Waals surface area contributed by atoms with Gasteiger partial charge in [-0.2, -0.15) is 0 Å². The van der Waals surface area contributed by atoms with Gasteiger partial charge in [0.1, 0.15) is 0 Å². The van der Waals surface area contributed by atoms with Crippen molar-refractivity contribution in [1.29, 1.82) is 0 Å². The number of rotatable bonds is 3. The lowest BCUT2D eigenvalue weighted by Gasteiger charge is -2.31. The number of aliphatic hydroxyl groups is 1. The Morgan fingerprint density at radius 3 is 2.62 bits per heavy atom. The molecule has 0 bridgehead atoms. The van der Waals surface area contributed by atoms with Gasteiger partial charge in [-0.15, -0.1) is 0 Å². The van der Waals surface area contributed by atoms with Gasteiger partial charge in [0, 0.05) is 6.04 Å². The van der Waals surface area contributed by atoms with E-state index in [4.69, 9.17) is 0 Å². The van der Waals surface area contributed by atoms with Gasteiger partial charge in [0.25, 0.3) is 0 Å². The highest BCUT2D eigenvalue weighted by Crippen LogP contribution is 2.28. The first-order valence-corrected chi connectivity index (χ1v) is 7.15. The van der Waals surface area contributed by atoms with E-state index in [9.17, 15) is 5.11 Å². The first-order valence-electron chi connectivity index (χ1n) is 7.15. The molecule has 2 rings (SSSR count). The second kappa shape index (κ2) is 6.02. The van der Waals surface area contributed by atoms with Crippen LogP contribution in [-0.2, 0) is 0 Å². The van der Waals surface area contributed by atoms with Crippen LogP contribution in [0.5, 0.6) is 0 Å². The molecule has 16 heavy (non-hydrogen) atoms. The first-order chi connectivity index (χ1) is 7.74. The Labute approximate surface area is 99.8 Å². The molecule has 0 radical (unpaired) electrons. The molecule has 0 aromatic carbocycles. The van der Waals surface area contributed by atoms with E-state index in [2.05, 4.69) is 12.2 Å². The molecule has 0 aromatic heterocycles. The van der Waals surface area contributed by atoms with Crippen molar-refractivity contribution in [2.75, 3.05) is 6.54 Å². The highest BCUT2D eigenvalue weighted by Gasteiger charge is 2.22. The maximum Gasteiger partial charge on any atom is 0.0555 e. The van der Waals surface area contributed by atoms with Crippen LogP contribution in [0.3, 0.4) is 0 Å². The van der Waals surface area contributed by atoms with Crippen LogP contribution in [0.25, 0.3) is 0 Å². The van der Waals surface area contributed by atoms with Crippen LogP contribution in [0.4, 0.5) is 0 Å². The summed E-state index contributed by atoms with van der Waals surface area (Å²) in [6, 6.07) is 0.584. The monoisotopic (exact) mass is 225 g/mol. The van der Waals surface area contributed by atoms with Crippen LogP contribution < -0.4 is 5.32 Å². The van der Waals surface area contributed by atoms with Crippen LogP contribution in [0, 0.1) is 11.8 Å². The molecule has 0 saturated heterocycles. The Hall–Kier alpha value is -0.0800. The largest absolute Gasteiger partial charge is 0.393 e. The number of hydrogen-bond acceptors (Lipinski definition) is 2. The zero-order valence-electron chi connectivity index (χ0n) is 10.6. The lowest BCUT2D eigenvalue weighted by atomic mass is 9.82. The van der Waals surface area contributed by atoms with Crippen molar-refractivity contribution in [2.45, 2.75) is 70.4 Å². The Morgan fingerprint density at radius 1 is 1.06 bits per heavy atom. The van der Waals surface area contributed by atoms with Gasteiger partial charge in [-0.3, -0.25) is 0 Å². The molecule has 0 aromatic rings. The van der Waals surface area contributed by atoms with Crippen LogP contribution in [0.15, 0.2) is 0 Å². The van der Waals surface area contributed by atoms with Crippen molar-refractivity contribution in [3.05, 3.63) is 0 Å². The molecular weight excluding hydrogens is 198 g/mol. The average molecular weight is 225 g/mol. The third-order valence-corrected chi connectivity index (χ3v) is 4.39. The quantitative estimate of drug-likeness (QED) is 0.774. The van der Waals surface area contributed by atoms with E-state index in [1.165, 1.54) is 45.1 Å². The molecular formula is C14H27NO. The van der Waals surface area contributed by atoms with Gasteiger partial charge in [-0.05, 0) is 56.9 Å². The summed E-state index contributed by atoms with van der Waals surface area (Å²) in [5.74, 6) is 1.82. The molecule has 94 valence electrons. The Morgan fingerprint density at radius 2 is 1.88 bits per heavy atom. The van der Waals surface area contributed by atoms with Gasteiger partial charge in [0.2, 0.25) is 0 Å². The second-order valence-corrected chi connectivity index (χ2v) is 6.06. The standard InChI is InChI=1S/C14H27NO/c1-11-4-2-5-12(8-11)10-15-13-6-3-7-14(16)9-13/h11-16H,2-10H2,1H3. The minimum Gasteiger partial charge on any atom is -0.393 e. The fourth-order valence-corrected chi connectivity index (χ4v) is 3.43. The van der Waals surface area contributed by atoms with E-state index >= 15 is 0 Å². The van der Waals surface area contributed by atoms with Crippen molar-refractivity contribution < 1.29 is 5.11 Å². The molecule has 0 heterocycles. The van der Waals surface area contributed by atoms with E-state index in [1.807, 2.05) is 0 Å². The topological polar surface area (TPSA) is 32.3 Å². The molecule has 4 unspecified atom stereocenters. The number of hydrogen-bond donors (Lipinski definition) is 2. The highest BCUT2D eigenvalue weighted by atomic mass is 16.3. The zero-order valence-corrected chi connectivity index (χ0v) is 10.6. The predicted molar refractivity (Wildman–Crippen MR) is 67.4 cm³/mol. The summed E-state index contributed by atoms with van der Waals surface area (Å²) >= 11 is 0. The van der Waals surface area contributed by atoms with Crippen molar-refractivity contribution in [1.82, 2.24) is 5.32 Å². The van der Waals surface area contributed by atoms with E-state index in [0.717, 1.165) is 24.7 Å². The van der Waals surface area contributed by atoms with Gasteiger partial charge in [-0.1, -0.05) is 19.8 Å². The molecule has 0 spiro atoms. The molecule has 2 fully saturated rings. The first kappa shape index (κ1) is 12.4. The number of aliphatic hydroxyl groups excluding tert-OH is 1. The van der Waals surface area contributed by atoms with Crippen LogP contribution in [0.1, 0.15) is 58.3 Å². The van der Waals surface area contributed by atoms with E-state index in [0.29, 0.717) is 6.04 Å². The van der Waals surface area contributed by atoms with Gasteiger partial charge in [0.05, 0.1) is 6.10 Å². The average Bonchev–Trinajstić information content (AvgIpc) is 2.27. The Bertz CT molecular complexity index is 185. The van der Waals surface area contributed by atoms with Crippen LogP contribution in [0.2, 0.25) is 0 Å². The summed E-state index contributed by atoms with van der Waals surface area (Å²) in [6.45, 7) is 3.57. The van der Waals surface area contributed by atoms with Crippen molar-refractivity contribution in [2.24, 2.45) is 11.8 Å². The SMILES string of the molecule is CC1CCCC(CNC2CCCC(O)C2)C1. The van der Waals surface area contributed by atoms with Gasteiger partial charge < -0.3 is 10.4 Å². The van der Waals surface area contributed by atoms with Gasteiger partial charge >= 0.3 is 0 Å². The maximum atomic E-state index is 9.62. The van der Waals surface area contributed by atoms with Crippen LogP contribution in [-0.4, -0.2) is 23.8 Å². The smallest absolute Gasteiger partial charge is 0.0555 e. The van der Waals surface area contributed by atoms with Gasteiger partial charge in [-0.25, -0.2) is 0 Å². The molecule has 2 N–H and O–H groups in total. The van der Waals surface area contributed by atoms with Gasteiger partial charge in [0.15, 0.2) is 0 Å². The molecule has 4 atom stereocenters. The van der Waals surface area contributed by atoms with Crippen LogP contribution >= 0.6 is 0 Å². The second-order valence-electron chi connectivity index (χ2n) is 6.06. The third-order valence-electron chi connectivity index (χ3n) is 4.39. The highest BCUT2D eigenvalue weighted by molar-refractivity contribution is 4.80. The fraction of sp³-hybridized carbons (Fsp3) is 1.00. The fourth-order valence-electron chi connectivity index (χ4n) is 3.43. The maximum absolute atomic E-state index is 9.62. The van der Waals surface area contributed by atoms with Crippen molar-refractivity contribution in [3.63, 3.8) is 0 Å². The third kappa shape index (κ3) is 3.74.